The van der Waals surface area contributed by atoms with E-state index >= 15 is 0 Å². The molecule has 0 unspecified atom stereocenters. The van der Waals surface area contributed by atoms with E-state index in [2.05, 4.69) is 25.4 Å². The van der Waals surface area contributed by atoms with Gasteiger partial charge in [0.25, 0.3) is 0 Å². The average Bonchev–Trinajstić information content (AvgIpc) is 3.08. The fourth-order valence-corrected chi connectivity index (χ4v) is 4.30. The van der Waals surface area contributed by atoms with Crippen molar-refractivity contribution in [2.45, 2.75) is 9.92 Å². The molecule has 0 amide bonds. The molecule has 1 fully saturated rings. The molecule has 1 saturated heterocycles. The number of piperazine rings is 1. The largest absolute Gasteiger partial charge is 0.352 e. The number of nitrogens with zero attached hydrogens (tertiary/aromatic N) is 3. The van der Waals surface area contributed by atoms with E-state index < -0.39 is 9.84 Å². The van der Waals surface area contributed by atoms with Gasteiger partial charge in [0.15, 0.2) is 10.8 Å². The summed E-state index contributed by atoms with van der Waals surface area (Å²) in [6.45, 7) is 3.38. The van der Waals surface area contributed by atoms with Gasteiger partial charge in [-0.3, -0.25) is 5.10 Å². The number of H-pyrrole nitrogens is 1. The molecule has 8 heteroatoms. The summed E-state index contributed by atoms with van der Waals surface area (Å²) < 4.78 is 25.8. The van der Waals surface area contributed by atoms with Crippen molar-refractivity contribution < 1.29 is 8.42 Å². The minimum atomic E-state index is -3.65. The van der Waals surface area contributed by atoms with E-state index in [-0.39, 0.29) is 9.92 Å². The highest BCUT2D eigenvalue weighted by Gasteiger charge is 2.25. The molecule has 3 aromatic rings. The average molecular weight is 343 g/mol. The Hall–Kier alpha value is -2.45. The van der Waals surface area contributed by atoms with Gasteiger partial charge in [-0.1, -0.05) is 18.2 Å². The summed E-state index contributed by atoms with van der Waals surface area (Å²) in [5, 5.41) is 10.9. The highest BCUT2D eigenvalue weighted by molar-refractivity contribution is 7.91. The van der Waals surface area contributed by atoms with E-state index in [9.17, 15) is 8.42 Å². The quantitative estimate of drug-likeness (QED) is 0.743. The molecule has 0 spiro atoms. The monoisotopic (exact) mass is 343 g/mol. The molecular formula is C16H17N5O2S. The fraction of sp³-hybridized carbons (Fsp3) is 0.250. The molecule has 0 saturated carbocycles. The second kappa shape index (κ2) is 5.88. The molecule has 2 aromatic heterocycles. The van der Waals surface area contributed by atoms with E-state index in [1.54, 1.807) is 42.6 Å². The molecule has 1 aliphatic heterocycles. The number of rotatable bonds is 3. The smallest absolute Gasteiger partial charge is 0.223 e. The maximum atomic E-state index is 12.9. The maximum absolute atomic E-state index is 12.9. The van der Waals surface area contributed by atoms with Gasteiger partial charge in [0.05, 0.1) is 4.90 Å². The van der Waals surface area contributed by atoms with Crippen molar-refractivity contribution >= 4 is 26.6 Å². The van der Waals surface area contributed by atoms with Crippen LogP contribution in [0.15, 0.2) is 52.5 Å². The molecule has 1 aliphatic rings. The number of aromatic amines is 1. The van der Waals surface area contributed by atoms with Gasteiger partial charge < -0.3 is 10.2 Å². The van der Waals surface area contributed by atoms with Gasteiger partial charge in [-0.2, -0.15) is 5.10 Å². The number of hydrogen-bond donors (Lipinski definition) is 2. The first-order valence-electron chi connectivity index (χ1n) is 7.77. The predicted molar refractivity (Wildman–Crippen MR) is 90.9 cm³/mol. The minimum Gasteiger partial charge on any atom is -0.352 e. The number of fused-ring (bicyclic) bond motifs is 1. The number of benzene rings is 1. The van der Waals surface area contributed by atoms with Crippen molar-refractivity contribution in [3.8, 4) is 0 Å². The number of sulfone groups is 1. The van der Waals surface area contributed by atoms with Gasteiger partial charge in [-0.25, -0.2) is 13.4 Å². The van der Waals surface area contributed by atoms with Crippen LogP contribution >= 0.6 is 0 Å². The van der Waals surface area contributed by atoms with Gasteiger partial charge in [0.1, 0.15) is 5.52 Å². The molecule has 3 heterocycles. The van der Waals surface area contributed by atoms with E-state index in [0.717, 1.165) is 32.0 Å². The van der Waals surface area contributed by atoms with Gasteiger partial charge in [-0.15, -0.1) is 0 Å². The number of hydrogen-bond acceptors (Lipinski definition) is 6. The lowest BCUT2D eigenvalue weighted by Crippen LogP contribution is -2.44. The van der Waals surface area contributed by atoms with Crippen LogP contribution in [0.2, 0.25) is 0 Å². The Labute approximate surface area is 139 Å². The summed E-state index contributed by atoms with van der Waals surface area (Å²) in [4.78, 5) is 6.79. The highest BCUT2D eigenvalue weighted by Crippen LogP contribution is 2.30. The van der Waals surface area contributed by atoms with Crippen LogP contribution < -0.4 is 10.2 Å². The van der Waals surface area contributed by atoms with Crippen LogP contribution in [0.3, 0.4) is 0 Å². The summed E-state index contributed by atoms with van der Waals surface area (Å²) in [6.07, 6.45) is 1.64. The van der Waals surface area contributed by atoms with Gasteiger partial charge in [0.2, 0.25) is 9.84 Å². The summed E-state index contributed by atoms with van der Waals surface area (Å²) in [6, 6.07) is 10.1. The third-order valence-electron chi connectivity index (χ3n) is 4.16. The minimum absolute atomic E-state index is 0.113. The van der Waals surface area contributed by atoms with Crippen molar-refractivity contribution in [2.24, 2.45) is 0 Å². The standard InChI is InChI=1S/C16H17N5O2S/c22-24(23,12-4-2-1-3-5-12)16-13-6-7-18-15(14(13)19-20-16)21-10-8-17-9-11-21/h1-7,17H,8-11H2,(H,19,20). The molecule has 0 aliphatic carbocycles. The molecule has 0 radical (unpaired) electrons. The van der Waals surface area contributed by atoms with Crippen LogP contribution in [-0.2, 0) is 9.84 Å². The Bertz CT molecular complexity index is 963. The SMILES string of the molecule is O=S(=O)(c1ccccc1)c1[nH]nc2c(N3CCNCC3)nccc12. The van der Waals surface area contributed by atoms with E-state index in [4.69, 9.17) is 0 Å². The first-order valence-corrected chi connectivity index (χ1v) is 9.25. The molecular weight excluding hydrogens is 326 g/mol. The van der Waals surface area contributed by atoms with Crippen molar-refractivity contribution in [1.82, 2.24) is 20.5 Å². The summed E-state index contributed by atoms with van der Waals surface area (Å²) in [5.41, 5.74) is 0.592. The van der Waals surface area contributed by atoms with E-state index in [1.807, 2.05) is 0 Å². The van der Waals surface area contributed by atoms with Crippen molar-refractivity contribution in [2.75, 3.05) is 31.1 Å². The molecule has 124 valence electrons. The van der Waals surface area contributed by atoms with Crippen molar-refractivity contribution in [1.29, 1.82) is 0 Å². The van der Waals surface area contributed by atoms with Gasteiger partial charge in [-0.05, 0) is 18.2 Å². The second-order valence-electron chi connectivity index (χ2n) is 5.64. The maximum Gasteiger partial charge on any atom is 0.223 e. The van der Waals surface area contributed by atoms with Crippen LogP contribution in [0.25, 0.3) is 10.9 Å². The third kappa shape index (κ3) is 2.44. The molecule has 2 N–H and O–H groups in total. The van der Waals surface area contributed by atoms with Crippen LogP contribution in [0.4, 0.5) is 5.82 Å². The van der Waals surface area contributed by atoms with Crippen LogP contribution in [-0.4, -0.2) is 49.8 Å². The zero-order chi connectivity index (χ0) is 16.6. The predicted octanol–water partition coefficient (Wildman–Crippen LogP) is 1.20. The van der Waals surface area contributed by atoms with Gasteiger partial charge in [0, 0.05) is 37.8 Å². The Kier molecular flexibility index (Phi) is 3.70. The normalized spacial score (nSPS) is 15.8. The van der Waals surface area contributed by atoms with E-state index in [0.29, 0.717) is 10.9 Å². The highest BCUT2D eigenvalue weighted by atomic mass is 32.2. The van der Waals surface area contributed by atoms with Crippen LogP contribution in [0.5, 0.6) is 0 Å². The zero-order valence-electron chi connectivity index (χ0n) is 12.9. The van der Waals surface area contributed by atoms with Gasteiger partial charge >= 0.3 is 0 Å². The summed E-state index contributed by atoms with van der Waals surface area (Å²) in [5.74, 6) is 0.722. The number of aromatic nitrogens is 3. The Morgan fingerprint density at radius 2 is 1.79 bits per heavy atom. The van der Waals surface area contributed by atoms with Crippen LogP contribution in [0, 0.1) is 0 Å². The molecule has 0 atom stereocenters. The number of anilines is 1. The Morgan fingerprint density at radius 3 is 2.54 bits per heavy atom. The molecule has 7 nitrogen and oxygen atoms in total. The lowest BCUT2D eigenvalue weighted by molar-refractivity contribution is 0.586. The second-order valence-corrected chi connectivity index (χ2v) is 7.52. The number of pyridine rings is 1. The third-order valence-corrected chi connectivity index (χ3v) is 5.90. The van der Waals surface area contributed by atoms with Crippen molar-refractivity contribution in [3.05, 3.63) is 42.6 Å². The summed E-state index contributed by atoms with van der Waals surface area (Å²) >= 11 is 0. The first kappa shape index (κ1) is 15.1. The lowest BCUT2D eigenvalue weighted by atomic mass is 10.3. The van der Waals surface area contributed by atoms with Crippen LogP contribution in [0.1, 0.15) is 0 Å². The topological polar surface area (TPSA) is 91.0 Å². The zero-order valence-corrected chi connectivity index (χ0v) is 13.8. The first-order chi connectivity index (χ1) is 11.7. The van der Waals surface area contributed by atoms with E-state index in [1.165, 1.54) is 0 Å². The lowest BCUT2D eigenvalue weighted by Gasteiger charge is -2.28. The summed E-state index contributed by atoms with van der Waals surface area (Å²) in [7, 11) is -3.65. The Morgan fingerprint density at radius 1 is 1.04 bits per heavy atom. The molecule has 4 rings (SSSR count). The van der Waals surface area contributed by atoms with Crippen molar-refractivity contribution in [3.63, 3.8) is 0 Å². The molecule has 0 bridgehead atoms. The number of nitrogens with one attached hydrogen (secondary N) is 2. The molecule has 1 aromatic carbocycles. The molecule has 24 heavy (non-hydrogen) atoms. The Balaban J connectivity index is 1.84. The fourth-order valence-electron chi connectivity index (χ4n) is 2.93.